The van der Waals surface area contributed by atoms with Gasteiger partial charge in [-0.1, -0.05) is 30.3 Å². The summed E-state index contributed by atoms with van der Waals surface area (Å²) >= 11 is 1.62. The Morgan fingerprint density at radius 1 is 1.07 bits per heavy atom. The maximum atomic E-state index is 12.9. The topological polar surface area (TPSA) is 68.2 Å². The van der Waals surface area contributed by atoms with Crippen molar-refractivity contribution >= 4 is 39.5 Å². The van der Waals surface area contributed by atoms with E-state index in [-0.39, 0.29) is 11.3 Å². The summed E-state index contributed by atoms with van der Waals surface area (Å²) in [6.45, 7) is 0.565. The zero-order valence-corrected chi connectivity index (χ0v) is 16.1. The van der Waals surface area contributed by atoms with Crippen molar-refractivity contribution in [3.63, 3.8) is 0 Å². The molecule has 0 radical (unpaired) electrons. The van der Waals surface area contributed by atoms with Crippen LogP contribution in [0.2, 0.25) is 0 Å². The number of thiophene rings is 1. The number of nitrogens with one attached hydrogen (secondary N) is 3. The van der Waals surface area contributed by atoms with E-state index in [9.17, 15) is 4.79 Å². The molecule has 0 bridgehead atoms. The molecule has 3 N–H and O–H groups in total. The van der Waals surface area contributed by atoms with Crippen molar-refractivity contribution in [3.05, 3.63) is 77.2 Å². The monoisotopic (exact) mass is 388 g/mol. The van der Waals surface area contributed by atoms with Crippen LogP contribution in [0, 0.1) is 5.41 Å². The number of amidine groups is 1. The van der Waals surface area contributed by atoms with Crippen molar-refractivity contribution in [3.8, 4) is 0 Å². The molecule has 1 fully saturated rings. The van der Waals surface area contributed by atoms with E-state index in [1.54, 1.807) is 11.3 Å². The smallest absolute Gasteiger partial charge is 0.235 e. The fourth-order valence-corrected chi connectivity index (χ4v) is 4.51. The summed E-state index contributed by atoms with van der Waals surface area (Å²) in [6.07, 6.45) is 1.78. The van der Waals surface area contributed by atoms with Gasteiger partial charge < -0.3 is 15.5 Å². The lowest BCUT2D eigenvalue weighted by molar-refractivity contribution is -0.118. The molecule has 1 aromatic heterocycles. The molecular formula is C22H20N4OS. The molecular weight excluding hydrogens is 368 g/mol. The van der Waals surface area contributed by atoms with E-state index in [4.69, 9.17) is 5.41 Å². The third-order valence-corrected chi connectivity index (χ3v) is 6.41. The number of rotatable bonds is 4. The van der Waals surface area contributed by atoms with Gasteiger partial charge in [0.15, 0.2) is 0 Å². The van der Waals surface area contributed by atoms with E-state index in [2.05, 4.69) is 10.6 Å². The van der Waals surface area contributed by atoms with Gasteiger partial charge in [-0.3, -0.25) is 10.2 Å². The highest BCUT2D eigenvalue weighted by Crippen LogP contribution is 2.49. The minimum absolute atomic E-state index is 0.0572. The minimum Gasteiger partial charge on any atom is -0.359 e. The summed E-state index contributed by atoms with van der Waals surface area (Å²) in [4.78, 5) is 14.8. The van der Waals surface area contributed by atoms with E-state index < -0.39 is 0 Å². The van der Waals surface area contributed by atoms with Gasteiger partial charge in [-0.2, -0.15) is 0 Å². The molecule has 2 heterocycles. The van der Waals surface area contributed by atoms with E-state index in [1.165, 1.54) is 0 Å². The van der Waals surface area contributed by atoms with Crippen molar-refractivity contribution in [2.75, 3.05) is 22.2 Å². The molecule has 0 unspecified atom stereocenters. The first-order chi connectivity index (χ1) is 13.7. The number of benzene rings is 2. The number of hydrogen-bond donors (Lipinski definition) is 3. The fraction of sp³-hybridized carbons (Fsp3) is 0.182. The van der Waals surface area contributed by atoms with Gasteiger partial charge in [0.2, 0.25) is 5.91 Å². The van der Waals surface area contributed by atoms with Gasteiger partial charge in [-0.05, 0) is 54.1 Å². The zero-order valence-electron chi connectivity index (χ0n) is 15.2. The predicted molar refractivity (Wildman–Crippen MR) is 115 cm³/mol. The molecule has 0 atom stereocenters. The molecule has 140 valence electrons. The van der Waals surface area contributed by atoms with Crippen LogP contribution in [0.3, 0.4) is 0 Å². The lowest BCUT2D eigenvalue weighted by atomic mass is 9.95. The first-order valence-electron chi connectivity index (χ1n) is 9.32. The molecule has 1 amide bonds. The van der Waals surface area contributed by atoms with Gasteiger partial charge >= 0.3 is 0 Å². The Kier molecular flexibility index (Phi) is 3.94. The standard InChI is InChI=1S/C22H20N4OS/c23-19-18-10-13-28-20(18)24-14-26(19)17-8-6-16(7-9-17)25-21(27)22(11-12-22)15-4-2-1-3-5-15/h1-10,13,23-24H,11-12,14H2,(H,25,27). The molecule has 1 aliphatic heterocycles. The SMILES string of the molecule is N=C1c2ccsc2NCN1c1ccc(NC(=O)C2(c3ccccc3)CC2)cc1. The Bertz CT molecular complexity index is 1040. The van der Waals surface area contributed by atoms with E-state index >= 15 is 0 Å². The average Bonchev–Trinajstić information content (AvgIpc) is 3.41. The maximum Gasteiger partial charge on any atom is 0.235 e. The molecule has 3 aromatic rings. The average molecular weight is 388 g/mol. The third-order valence-electron chi connectivity index (χ3n) is 5.54. The fourth-order valence-electron chi connectivity index (χ4n) is 3.73. The Morgan fingerprint density at radius 2 is 1.82 bits per heavy atom. The summed E-state index contributed by atoms with van der Waals surface area (Å²) < 4.78 is 0. The highest BCUT2D eigenvalue weighted by Gasteiger charge is 2.51. The molecule has 0 saturated heterocycles. The first kappa shape index (κ1) is 17.0. The van der Waals surface area contributed by atoms with Crippen molar-refractivity contribution in [2.24, 2.45) is 0 Å². The Morgan fingerprint density at radius 3 is 2.54 bits per heavy atom. The first-order valence-corrected chi connectivity index (χ1v) is 10.2. The number of hydrogen-bond acceptors (Lipinski definition) is 4. The summed E-state index contributed by atoms with van der Waals surface area (Å²) in [5.41, 5.74) is 3.34. The van der Waals surface area contributed by atoms with Crippen LogP contribution >= 0.6 is 11.3 Å². The van der Waals surface area contributed by atoms with Crippen LogP contribution in [0.5, 0.6) is 0 Å². The maximum absolute atomic E-state index is 12.9. The van der Waals surface area contributed by atoms with Crippen molar-refractivity contribution < 1.29 is 4.79 Å². The van der Waals surface area contributed by atoms with Gasteiger partial charge in [0.25, 0.3) is 0 Å². The Labute approximate surface area is 167 Å². The highest BCUT2D eigenvalue weighted by atomic mass is 32.1. The molecule has 6 heteroatoms. The highest BCUT2D eigenvalue weighted by molar-refractivity contribution is 7.14. The van der Waals surface area contributed by atoms with E-state index in [0.717, 1.165) is 40.3 Å². The van der Waals surface area contributed by atoms with Crippen molar-refractivity contribution in [1.82, 2.24) is 0 Å². The summed E-state index contributed by atoms with van der Waals surface area (Å²) in [7, 11) is 0. The van der Waals surface area contributed by atoms with Crippen LogP contribution in [0.4, 0.5) is 16.4 Å². The number of amides is 1. The molecule has 2 aliphatic rings. The normalized spacial score (nSPS) is 16.9. The second-order valence-electron chi connectivity index (χ2n) is 7.22. The van der Waals surface area contributed by atoms with Gasteiger partial charge in [-0.15, -0.1) is 11.3 Å². The van der Waals surface area contributed by atoms with Crippen molar-refractivity contribution in [2.45, 2.75) is 18.3 Å². The van der Waals surface area contributed by atoms with Gasteiger partial charge in [0.05, 0.1) is 17.6 Å². The van der Waals surface area contributed by atoms with Crippen molar-refractivity contribution in [1.29, 1.82) is 5.41 Å². The molecule has 5 rings (SSSR count). The lowest BCUT2D eigenvalue weighted by Crippen LogP contribution is -2.39. The van der Waals surface area contributed by atoms with Gasteiger partial charge in [0, 0.05) is 11.4 Å². The summed E-state index contributed by atoms with van der Waals surface area (Å²) in [5, 5.41) is 17.9. The molecule has 5 nitrogen and oxygen atoms in total. The third kappa shape index (κ3) is 2.77. The van der Waals surface area contributed by atoms with Crippen LogP contribution in [0.15, 0.2) is 66.0 Å². The predicted octanol–water partition coefficient (Wildman–Crippen LogP) is 4.63. The number of fused-ring (bicyclic) bond motifs is 1. The van der Waals surface area contributed by atoms with Gasteiger partial charge in [0.1, 0.15) is 10.8 Å². The lowest BCUT2D eigenvalue weighted by Gasteiger charge is -2.30. The molecule has 0 spiro atoms. The number of carbonyl (C=O) groups is 1. The molecule has 1 aliphatic carbocycles. The molecule has 28 heavy (non-hydrogen) atoms. The van der Waals surface area contributed by atoms with E-state index in [1.807, 2.05) is 70.9 Å². The minimum atomic E-state index is -0.381. The van der Waals surface area contributed by atoms with Crippen LogP contribution < -0.4 is 15.5 Å². The second kappa shape index (κ2) is 6.49. The number of nitrogens with zero attached hydrogens (tertiary/aromatic N) is 1. The van der Waals surface area contributed by atoms with Crippen LogP contribution in [-0.2, 0) is 10.2 Å². The quantitative estimate of drug-likeness (QED) is 0.610. The van der Waals surface area contributed by atoms with Gasteiger partial charge in [-0.25, -0.2) is 0 Å². The summed E-state index contributed by atoms with van der Waals surface area (Å²) in [6, 6.07) is 19.7. The number of anilines is 3. The van der Waals surface area contributed by atoms with Crippen LogP contribution in [0.25, 0.3) is 0 Å². The zero-order chi connectivity index (χ0) is 19.1. The second-order valence-corrected chi connectivity index (χ2v) is 8.14. The number of carbonyl (C=O) groups excluding carboxylic acids is 1. The molecule has 2 aromatic carbocycles. The Balaban J connectivity index is 1.31. The van der Waals surface area contributed by atoms with Crippen LogP contribution in [-0.4, -0.2) is 18.4 Å². The largest absolute Gasteiger partial charge is 0.359 e. The summed E-state index contributed by atoms with van der Waals surface area (Å²) in [5.74, 6) is 0.551. The van der Waals surface area contributed by atoms with Crippen LogP contribution in [0.1, 0.15) is 24.0 Å². The molecule has 1 saturated carbocycles. The van der Waals surface area contributed by atoms with E-state index in [0.29, 0.717) is 12.5 Å². The Hall–Kier alpha value is -3.12.